The Labute approximate surface area is 139 Å². The van der Waals surface area contributed by atoms with Crippen LogP contribution in [-0.2, 0) is 25.6 Å². The van der Waals surface area contributed by atoms with Crippen molar-refractivity contribution in [2.75, 3.05) is 13.3 Å². The quantitative estimate of drug-likeness (QED) is 0.446. The Bertz CT molecular complexity index is 678. The number of carbonyl (C=O) groups is 2. The molecule has 0 fully saturated rings. The maximum absolute atomic E-state index is 11.5. The summed E-state index contributed by atoms with van der Waals surface area (Å²) < 4.78 is 11.4. The SMILES string of the molecule is NCCC(=O)OCOC(=O)/C=C/c1ccc(Cn2ccnc2)cc1. The Kier molecular flexibility index (Phi) is 6.73. The van der Waals surface area contributed by atoms with E-state index < -0.39 is 18.7 Å². The van der Waals surface area contributed by atoms with Gasteiger partial charge in [0.25, 0.3) is 0 Å². The number of nitrogens with two attached hydrogens (primary N) is 1. The molecule has 7 heteroatoms. The minimum absolute atomic E-state index is 0.0960. The smallest absolute Gasteiger partial charge is 0.333 e. The van der Waals surface area contributed by atoms with Crippen LogP contribution in [0.4, 0.5) is 0 Å². The number of esters is 2. The number of nitrogens with zero attached hydrogens (tertiary/aromatic N) is 2. The molecule has 1 aromatic carbocycles. The van der Waals surface area contributed by atoms with Gasteiger partial charge in [0, 0.05) is 31.6 Å². The van der Waals surface area contributed by atoms with Crippen molar-refractivity contribution in [3.05, 3.63) is 60.2 Å². The standard InChI is InChI=1S/C17H19N3O4/c18-8-7-17(22)24-13-23-16(21)6-5-14-1-3-15(4-2-14)11-20-10-9-19-12-20/h1-6,9-10,12H,7-8,11,13,18H2/b6-5+. The van der Waals surface area contributed by atoms with Crippen molar-refractivity contribution in [1.29, 1.82) is 0 Å². The zero-order chi connectivity index (χ0) is 17.2. The average molecular weight is 329 g/mol. The molecule has 0 amide bonds. The highest BCUT2D eigenvalue weighted by molar-refractivity contribution is 5.87. The second-order valence-corrected chi connectivity index (χ2v) is 4.95. The third kappa shape index (κ3) is 6.05. The van der Waals surface area contributed by atoms with Crippen molar-refractivity contribution in [3.8, 4) is 0 Å². The highest BCUT2D eigenvalue weighted by Gasteiger charge is 2.02. The van der Waals surface area contributed by atoms with Gasteiger partial charge in [0.2, 0.25) is 6.79 Å². The van der Waals surface area contributed by atoms with Gasteiger partial charge in [-0.25, -0.2) is 9.78 Å². The molecule has 1 heterocycles. The van der Waals surface area contributed by atoms with Crippen LogP contribution in [0.15, 0.2) is 49.1 Å². The topological polar surface area (TPSA) is 96.4 Å². The van der Waals surface area contributed by atoms with Crippen LogP contribution in [0, 0.1) is 0 Å². The van der Waals surface area contributed by atoms with Gasteiger partial charge in [0.15, 0.2) is 0 Å². The molecule has 126 valence electrons. The molecule has 2 rings (SSSR count). The van der Waals surface area contributed by atoms with E-state index in [0.717, 1.165) is 17.7 Å². The third-order valence-corrected chi connectivity index (χ3v) is 3.09. The largest absolute Gasteiger partial charge is 0.428 e. The molecule has 24 heavy (non-hydrogen) atoms. The molecule has 0 saturated heterocycles. The first-order valence-corrected chi connectivity index (χ1v) is 7.42. The van der Waals surface area contributed by atoms with Gasteiger partial charge in [-0.15, -0.1) is 0 Å². The summed E-state index contributed by atoms with van der Waals surface area (Å²) in [6, 6.07) is 7.74. The van der Waals surface area contributed by atoms with E-state index in [4.69, 9.17) is 10.5 Å². The van der Waals surface area contributed by atoms with Gasteiger partial charge in [-0.05, 0) is 17.2 Å². The maximum Gasteiger partial charge on any atom is 0.333 e. The van der Waals surface area contributed by atoms with E-state index in [2.05, 4.69) is 9.72 Å². The van der Waals surface area contributed by atoms with Crippen LogP contribution in [0.25, 0.3) is 6.08 Å². The zero-order valence-electron chi connectivity index (χ0n) is 13.1. The summed E-state index contributed by atoms with van der Waals surface area (Å²) >= 11 is 0. The Morgan fingerprint density at radius 3 is 2.67 bits per heavy atom. The molecule has 0 radical (unpaired) electrons. The molecule has 0 unspecified atom stereocenters. The molecule has 0 spiro atoms. The van der Waals surface area contributed by atoms with Gasteiger partial charge in [-0.3, -0.25) is 4.79 Å². The highest BCUT2D eigenvalue weighted by atomic mass is 16.7. The fourth-order valence-electron chi connectivity index (χ4n) is 1.88. The van der Waals surface area contributed by atoms with E-state index in [9.17, 15) is 9.59 Å². The van der Waals surface area contributed by atoms with Gasteiger partial charge in [0.1, 0.15) is 0 Å². The molecule has 2 aromatic rings. The monoisotopic (exact) mass is 329 g/mol. The van der Waals surface area contributed by atoms with Crippen LogP contribution in [-0.4, -0.2) is 34.8 Å². The Morgan fingerprint density at radius 2 is 2.00 bits per heavy atom. The van der Waals surface area contributed by atoms with Crippen LogP contribution in [0.3, 0.4) is 0 Å². The number of benzene rings is 1. The van der Waals surface area contributed by atoms with Gasteiger partial charge in [-0.1, -0.05) is 24.3 Å². The molecular formula is C17H19N3O4. The average Bonchev–Trinajstić information content (AvgIpc) is 3.07. The molecule has 0 atom stereocenters. The fourth-order valence-corrected chi connectivity index (χ4v) is 1.88. The van der Waals surface area contributed by atoms with Gasteiger partial charge >= 0.3 is 11.9 Å². The molecule has 1 aromatic heterocycles. The molecule has 7 nitrogen and oxygen atoms in total. The first kappa shape index (κ1) is 17.4. The Balaban J connectivity index is 1.76. The molecule has 0 aliphatic heterocycles. The second kappa shape index (κ2) is 9.26. The van der Waals surface area contributed by atoms with Crippen LogP contribution in [0.1, 0.15) is 17.5 Å². The number of hydrogen-bond donors (Lipinski definition) is 1. The van der Waals surface area contributed by atoms with E-state index in [1.807, 2.05) is 35.0 Å². The number of hydrogen-bond acceptors (Lipinski definition) is 6. The summed E-state index contributed by atoms with van der Waals surface area (Å²) in [7, 11) is 0. The lowest BCUT2D eigenvalue weighted by Gasteiger charge is -2.04. The lowest BCUT2D eigenvalue weighted by Crippen LogP contribution is -2.14. The number of aromatic nitrogens is 2. The molecule has 0 aliphatic carbocycles. The molecule has 0 bridgehead atoms. The molecule has 0 aliphatic rings. The van der Waals surface area contributed by atoms with E-state index >= 15 is 0 Å². The van der Waals surface area contributed by atoms with E-state index in [-0.39, 0.29) is 13.0 Å². The van der Waals surface area contributed by atoms with Gasteiger partial charge < -0.3 is 19.8 Å². The number of rotatable bonds is 8. The number of imidazole rings is 1. The minimum Gasteiger partial charge on any atom is -0.428 e. The van der Waals surface area contributed by atoms with Gasteiger partial charge in [0.05, 0.1) is 12.7 Å². The minimum atomic E-state index is -0.585. The maximum atomic E-state index is 11.5. The summed E-state index contributed by atoms with van der Waals surface area (Å²) in [5.41, 5.74) is 7.18. The second-order valence-electron chi connectivity index (χ2n) is 4.95. The van der Waals surface area contributed by atoms with Crippen molar-refractivity contribution in [2.45, 2.75) is 13.0 Å². The normalized spacial score (nSPS) is 10.7. The van der Waals surface area contributed by atoms with Crippen molar-refractivity contribution >= 4 is 18.0 Å². The Morgan fingerprint density at radius 1 is 1.21 bits per heavy atom. The highest BCUT2D eigenvalue weighted by Crippen LogP contribution is 2.08. The van der Waals surface area contributed by atoms with Crippen LogP contribution < -0.4 is 5.73 Å². The summed E-state index contributed by atoms with van der Waals surface area (Å²) in [5, 5.41) is 0. The number of ether oxygens (including phenoxy) is 2. The summed E-state index contributed by atoms with van der Waals surface area (Å²) in [4.78, 5) is 26.5. The first-order chi connectivity index (χ1) is 11.7. The van der Waals surface area contributed by atoms with E-state index in [0.29, 0.717) is 0 Å². The zero-order valence-corrected chi connectivity index (χ0v) is 13.1. The summed E-state index contributed by atoms with van der Waals surface area (Å²) in [6.45, 7) is 0.523. The predicted molar refractivity (Wildman–Crippen MR) is 87.5 cm³/mol. The molecular weight excluding hydrogens is 310 g/mol. The molecule has 0 saturated carbocycles. The van der Waals surface area contributed by atoms with Crippen LogP contribution in [0.5, 0.6) is 0 Å². The van der Waals surface area contributed by atoms with Gasteiger partial charge in [-0.2, -0.15) is 0 Å². The summed E-state index contributed by atoms with van der Waals surface area (Å²) in [6.07, 6.45) is 8.38. The van der Waals surface area contributed by atoms with Crippen molar-refractivity contribution in [1.82, 2.24) is 9.55 Å². The van der Waals surface area contributed by atoms with E-state index in [1.54, 1.807) is 18.6 Å². The lowest BCUT2D eigenvalue weighted by molar-refractivity contribution is -0.163. The van der Waals surface area contributed by atoms with Crippen LogP contribution >= 0.6 is 0 Å². The van der Waals surface area contributed by atoms with E-state index in [1.165, 1.54) is 6.08 Å². The third-order valence-electron chi connectivity index (χ3n) is 3.09. The van der Waals surface area contributed by atoms with Crippen molar-refractivity contribution < 1.29 is 19.1 Å². The predicted octanol–water partition coefficient (Wildman–Crippen LogP) is 1.34. The Hall–Kier alpha value is -2.93. The van der Waals surface area contributed by atoms with Crippen LogP contribution in [0.2, 0.25) is 0 Å². The summed E-state index contributed by atoms with van der Waals surface area (Å²) in [5.74, 6) is -1.08. The lowest BCUT2D eigenvalue weighted by atomic mass is 10.1. The molecule has 2 N–H and O–H groups in total. The fraction of sp³-hybridized carbons (Fsp3) is 0.235. The number of carbonyl (C=O) groups excluding carboxylic acids is 2. The van der Waals surface area contributed by atoms with Crippen molar-refractivity contribution in [2.24, 2.45) is 5.73 Å². The van der Waals surface area contributed by atoms with Crippen molar-refractivity contribution in [3.63, 3.8) is 0 Å². The first-order valence-electron chi connectivity index (χ1n) is 7.42.